The zero-order valence-electron chi connectivity index (χ0n) is 11.1. The predicted octanol–water partition coefficient (Wildman–Crippen LogP) is 2.50. The molecule has 0 aromatic heterocycles. The monoisotopic (exact) mass is 239 g/mol. The van der Waals surface area contributed by atoms with Crippen molar-refractivity contribution in [1.29, 1.82) is 0 Å². The molecule has 1 saturated carbocycles. The number of hydrogen-bond acceptors (Lipinski definition) is 3. The van der Waals surface area contributed by atoms with Gasteiger partial charge in [-0.05, 0) is 50.5 Å². The van der Waals surface area contributed by atoms with Crippen LogP contribution in [-0.4, -0.2) is 24.7 Å². The molecule has 4 atom stereocenters. The summed E-state index contributed by atoms with van der Waals surface area (Å²) >= 11 is 0. The fourth-order valence-corrected chi connectivity index (χ4v) is 3.17. The lowest BCUT2D eigenvalue weighted by atomic mass is 9.84. The summed E-state index contributed by atoms with van der Waals surface area (Å²) in [6.07, 6.45) is 7.18. The van der Waals surface area contributed by atoms with Crippen molar-refractivity contribution in [3.05, 3.63) is 0 Å². The van der Waals surface area contributed by atoms with Gasteiger partial charge in [-0.1, -0.05) is 20.3 Å². The molecular weight excluding hydrogens is 214 g/mol. The van der Waals surface area contributed by atoms with Crippen LogP contribution in [0.25, 0.3) is 0 Å². The first-order valence-corrected chi connectivity index (χ1v) is 7.16. The Kier molecular flexibility index (Phi) is 4.43. The molecule has 0 amide bonds. The van der Waals surface area contributed by atoms with Gasteiger partial charge in [-0.25, -0.2) is 0 Å². The molecule has 3 heteroatoms. The topological polar surface area (TPSA) is 38.3 Å². The maximum absolute atomic E-state index is 12.1. The van der Waals surface area contributed by atoms with E-state index in [0.29, 0.717) is 11.8 Å². The van der Waals surface area contributed by atoms with E-state index in [1.54, 1.807) is 0 Å². The first kappa shape index (κ1) is 12.9. The molecule has 1 aliphatic carbocycles. The normalized spacial score (nSPS) is 38.0. The number of carbonyl (C=O) groups excluding carboxylic acids is 1. The van der Waals surface area contributed by atoms with Gasteiger partial charge in [-0.3, -0.25) is 4.79 Å². The SMILES string of the molecule is CCC1CCCCC1OC(=O)C1NCCC1C. The maximum atomic E-state index is 12.1. The van der Waals surface area contributed by atoms with E-state index >= 15 is 0 Å². The predicted molar refractivity (Wildman–Crippen MR) is 67.7 cm³/mol. The lowest BCUT2D eigenvalue weighted by Gasteiger charge is -2.31. The molecule has 17 heavy (non-hydrogen) atoms. The summed E-state index contributed by atoms with van der Waals surface area (Å²) in [6.45, 7) is 5.28. The number of esters is 1. The third kappa shape index (κ3) is 3.01. The standard InChI is InChI=1S/C14H25NO2/c1-3-11-6-4-5-7-12(11)17-14(16)13-10(2)8-9-15-13/h10-13,15H,3-9H2,1-2H3. The fraction of sp³-hybridized carbons (Fsp3) is 0.929. The molecule has 98 valence electrons. The van der Waals surface area contributed by atoms with Gasteiger partial charge in [0.15, 0.2) is 0 Å². The first-order chi connectivity index (χ1) is 8.22. The van der Waals surface area contributed by atoms with Gasteiger partial charge in [0, 0.05) is 0 Å². The Bertz CT molecular complexity index is 267. The molecule has 0 bridgehead atoms. The average molecular weight is 239 g/mol. The molecule has 0 spiro atoms. The van der Waals surface area contributed by atoms with Crippen molar-refractivity contribution in [2.75, 3.05) is 6.54 Å². The molecule has 1 N–H and O–H groups in total. The van der Waals surface area contributed by atoms with Crippen LogP contribution >= 0.6 is 0 Å². The van der Waals surface area contributed by atoms with E-state index in [0.717, 1.165) is 25.8 Å². The third-order valence-corrected chi connectivity index (χ3v) is 4.42. The summed E-state index contributed by atoms with van der Waals surface area (Å²) in [7, 11) is 0. The van der Waals surface area contributed by atoms with E-state index in [4.69, 9.17) is 4.74 Å². The molecule has 3 nitrogen and oxygen atoms in total. The van der Waals surface area contributed by atoms with E-state index < -0.39 is 0 Å². The Morgan fingerprint density at radius 2 is 2.06 bits per heavy atom. The Morgan fingerprint density at radius 3 is 2.71 bits per heavy atom. The quantitative estimate of drug-likeness (QED) is 0.769. The second-order valence-corrected chi connectivity index (χ2v) is 5.63. The van der Waals surface area contributed by atoms with E-state index in [9.17, 15) is 4.79 Å². The zero-order valence-corrected chi connectivity index (χ0v) is 11.1. The van der Waals surface area contributed by atoms with Crippen molar-refractivity contribution in [2.24, 2.45) is 11.8 Å². The van der Waals surface area contributed by atoms with E-state index in [2.05, 4.69) is 19.2 Å². The number of hydrogen-bond donors (Lipinski definition) is 1. The first-order valence-electron chi connectivity index (χ1n) is 7.16. The van der Waals surface area contributed by atoms with Crippen LogP contribution in [0.5, 0.6) is 0 Å². The number of nitrogens with one attached hydrogen (secondary N) is 1. The Hall–Kier alpha value is -0.570. The minimum absolute atomic E-state index is 0.0136. The van der Waals surface area contributed by atoms with Gasteiger partial charge in [-0.2, -0.15) is 0 Å². The van der Waals surface area contributed by atoms with Gasteiger partial charge >= 0.3 is 5.97 Å². The van der Waals surface area contributed by atoms with E-state index in [-0.39, 0.29) is 18.1 Å². The molecule has 0 radical (unpaired) electrons. The van der Waals surface area contributed by atoms with Gasteiger partial charge < -0.3 is 10.1 Å². The number of ether oxygens (including phenoxy) is 1. The highest BCUT2D eigenvalue weighted by Crippen LogP contribution is 2.30. The van der Waals surface area contributed by atoms with Crippen molar-refractivity contribution in [3.63, 3.8) is 0 Å². The van der Waals surface area contributed by atoms with Crippen molar-refractivity contribution in [1.82, 2.24) is 5.32 Å². The summed E-state index contributed by atoms with van der Waals surface area (Å²) in [4.78, 5) is 12.1. The largest absolute Gasteiger partial charge is 0.461 e. The van der Waals surface area contributed by atoms with Crippen LogP contribution < -0.4 is 5.32 Å². The Labute approximate surface area is 104 Å². The van der Waals surface area contributed by atoms with Crippen molar-refractivity contribution >= 4 is 5.97 Å². The van der Waals surface area contributed by atoms with Gasteiger partial charge in [0.1, 0.15) is 12.1 Å². The molecule has 0 aromatic carbocycles. The minimum Gasteiger partial charge on any atom is -0.461 e. The van der Waals surface area contributed by atoms with Crippen molar-refractivity contribution in [2.45, 2.75) is 64.5 Å². The van der Waals surface area contributed by atoms with Crippen LogP contribution in [0.15, 0.2) is 0 Å². The summed E-state index contributed by atoms with van der Waals surface area (Å²) in [6, 6.07) is -0.0607. The minimum atomic E-state index is -0.0607. The maximum Gasteiger partial charge on any atom is 0.323 e. The van der Waals surface area contributed by atoms with Crippen LogP contribution in [0.2, 0.25) is 0 Å². The van der Waals surface area contributed by atoms with Gasteiger partial charge in [0.05, 0.1) is 0 Å². The molecule has 1 heterocycles. The van der Waals surface area contributed by atoms with E-state index in [1.807, 2.05) is 0 Å². The zero-order chi connectivity index (χ0) is 12.3. The summed E-state index contributed by atoms with van der Waals surface area (Å²) in [5.41, 5.74) is 0. The van der Waals surface area contributed by atoms with Gasteiger partial charge in [0.25, 0.3) is 0 Å². The van der Waals surface area contributed by atoms with Crippen molar-refractivity contribution < 1.29 is 9.53 Å². The van der Waals surface area contributed by atoms with Crippen LogP contribution in [0, 0.1) is 11.8 Å². The molecule has 2 rings (SSSR count). The number of carbonyl (C=O) groups is 1. The van der Waals surface area contributed by atoms with Crippen LogP contribution in [0.4, 0.5) is 0 Å². The lowest BCUT2D eigenvalue weighted by molar-refractivity contribution is -0.156. The molecule has 1 aliphatic heterocycles. The molecule has 0 aromatic rings. The molecule has 2 fully saturated rings. The summed E-state index contributed by atoms with van der Waals surface area (Å²) in [5.74, 6) is 0.996. The van der Waals surface area contributed by atoms with Crippen LogP contribution in [0.3, 0.4) is 0 Å². The van der Waals surface area contributed by atoms with Crippen LogP contribution in [-0.2, 0) is 9.53 Å². The highest BCUT2D eigenvalue weighted by atomic mass is 16.5. The molecule has 2 aliphatic rings. The second-order valence-electron chi connectivity index (χ2n) is 5.63. The number of rotatable bonds is 3. The van der Waals surface area contributed by atoms with Crippen molar-refractivity contribution in [3.8, 4) is 0 Å². The molecule has 1 saturated heterocycles. The fourth-order valence-electron chi connectivity index (χ4n) is 3.17. The third-order valence-electron chi connectivity index (χ3n) is 4.42. The van der Waals surface area contributed by atoms with Gasteiger partial charge in [-0.15, -0.1) is 0 Å². The second kappa shape index (κ2) is 5.85. The lowest BCUT2D eigenvalue weighted by Crippen LogP contribution is -2.40. The van der Waals surface area contributed by atoms with Gasteiger partial charge in [0.2, 0.25) is 0 Å². The highest BCUT2D eigenvalue weighted by molar-refractivity contribution is 5.76. The summed E-state index contributed by atoms with van der Waals surface area (Å²) in [5, 5.41) is 3.25. The van der Waals surface area contributed by atoms with Crippen LogP contribution in [0.1, 0.15) is 52.4 Å². The summed E-state index contributed by atoms with van der Waals surface area (Å²) < 4.78 is 5.75. The smallest absolute Gasteiger partial charge is 0.323 e. The Balaban J connectivity index is 1.88. The highest BCUT2D eigenvalue weighted by Gasteiger charge is 2.34. The average Bonchev–Trinajstić information content (AvgIpc) is 2.76. The Morgan fingerprint density at radius 1 is 1.29 bits per heavy atom. The van der Waals surface area contributed by atoms with E-state index in [1.165, 1.54) is 19.3 Å². The molecular formula is C14H25NO2. The molecule has 4 unspecified atom stereocenters.